The van der Waals surface area contributed by atoms with Gasteiger partial charge in [0.15, 0.2) is 0 Å². The summed E-state index contributed by atoms with van der Waals surface area (Å²) < 4.78 is 0. The molecule has 1 unspecified atom stereocenters. The van der Waals surface area contributed by atoms with Gasteiger partial charge in [-0.25, -0.2) is 4.79 Å². The molecular formula is C12H15Cl2N3O. The van der Waals surface area contributed by atoms with Crippen LogP contribution in [-0.2, 0) is 0 Å². The summed E-state index contributed by atoms with van der Waals surface area (Å²) in [4.78, 5) is 11.8. The minimum atomic E-state index is -0.220. The van der Waals surface area contributed by atoms with E-state index in [4.69, 9.17) is 23.2 Å². The molecule has 0 saturated carbocycles. The third kappa shape index (κ3) is 3.77. The molecule has 1 fully saturated rings. The summed E-state index contributed by atoms with van der Waals surface area (Å²) in [6.07, 6.45) is 2.08. The molecule has 0 aliphatic carbocycles. The molecule has 1 saturated heterocycles. The van der Waals surface area contributed by atoms with Crippen LogP contribution in [-0.4, -0.2) is 25.2 Å². The summed E-state index contributed by atoms with van der Waals surface area (Å²) in [5, 5.41) is 9.78. The Bertz CT molecular complexity index is 433. The summed E-state index contributed by atoms with van der Waals surface area (Å²) in [5.41, 5.74) is 0.630. The van der Waals surface area contributed by atoms with Gasteiger partial charge >= 0.3 is 6.03 Å². The number of amides is 2. The molecule has 0 radical (unpaired) electrons. The molecule has 2 amide bonds. The van der Waals surface area contributed by atoms with Crippen molar-refractivity contribution in [3.63, 3.8) is 0 Å². The van der Waals surface area contributed by atoms with Gasteiger partial charge in [0.05, 0.1) is 10.0 Å². The number of carbonyl (C=O) groups is 1. The van der Waals surface area contributed by atoms with Gasteiger partial charge in [0, 0.05) is 18.3 Å². The van der Waals surface area contributed by atoms with E-state index in [1.165, 1.54) is 0 Å². The summed E-state index contributed by atoms with van der Waals surface area (Å²) >= 11 is 11.7. The van der Waals surface area contributed by atoms with E-state index in [2.05, 4.69) is 16.0 Å². The van der Waals surface area contributed by atoms with Crippen LogP contribution in [0.15, 0.2) is 18.2 Å². The van der Waals surface area contributed by atoms with Crippen LogP contribution in [0.1, 0.15) is 12.8 Å². The molecule has 1 aromatic rings. The van der Waals surface area contributed by atoms with Crippen molar-refractivity contribution in [1.82, 2.24) is 10.6 Å². The van der Waals surface area contributed by atoms with Crippen LogP contribution in [0.25, 0.3) is 0 Å². The number of piperidine rings is 1. The predicted molar refractivity (Wildman–Crippen MR) is 74.5 cm³/mol. The number of urea groups is 1. The molecule has 1 aliphatic heterocycles. The van der Waals surface area contributed by atoms with Crippen LogP contribution < -0.4 is 16.0 Å². The first-order valence-electron chi connectivity index (χ1n) is 5.88. The van der Waals surface area contributed by atoms with Gasteiger partial charge in [-0.2, -0.15) is 0 Å². The van der Waals surface area contributed by atoms with Crippen LogP contribution in [0.2, 0.25) is 10.0 Å². The SMILES string of the molecule is O=C(Nc1ccc(Cl)c(Cl)c1)NC1CCCNC1. The molecule has 0 spiro atoms. The fourth-order valence-corrected chi connectivity index (χ4v) is 2.20. The van der Waals surface area contributed by atoms with Crippen molar-refractivity contribution < 1.29 is 4.79 Å². The lowest BCUT2D eigenvalue weighted by molar-refractivity contribution is 0.245. The second kappa shape index (κ2) is 6.27. The van der Waals surface area contributed by atoms with Gasteiger partial charge in [-0.05, 0) is 37.6 Å². The molecule has 1 aromatic carbocycles. The topological polar surface area (TPSA) is 53.2 Å². The quantitative estimate of drug-likeness (QED) is 0.783. The fraction of sp³-hybridized carbons (Fsp3) is 0.417. The smallest absolute Gasteiger partial charge is 0.319 e. The summed E-state index contributed by atoms with van der Waals surface area (Å²) in [7, 11) is 0. The Morgan fingerprint density at radius 2 is 2.17 bits per heavy atom. The molecule has 6 heteroatoms. The van der Waals surface area contributed by atoms with Crippen molar-refractivity contribution >= 4 is 34.9 Å². The molecule has 1 aliphatic rings. The lowest BCUT2D eigenvalue weighted by Crippen LogP contribution is -2.47. The zero-order chi connectivity index (χ0) is 13.0. The molecule has 4 nitrogen and oxygen atoms in total. The molecule has 0 bridgehead atoms. The number of halogens is 2. The van der Waals surface area contributed by atoms with Crippen LogP contribution in [0, 0.1) is 0 Å². The number of nitrogens with one attached hydrogen (secondary N) is 3. The van der Waals surface area contributed by atoms with Crippen molar-refractivity contribution in [2.24, 2.45) is 0 Å². The molecular weight excluding hydrogens is 273 g/mol. The maximum Gasteiger partial charge on any atom is 0.319 e. The van der Waals surface area contributed by atoms with Gasteiger partial charge in [-0.3, -0.25) is 0 Å². The maximum atomic E-state index is 11.8. The average molecular weight is 288 g/mol. The molecule has 3 N–H and O–H groups in total. The largest absolute Gasteiger partial charge is 0.334 e. The summed E-state index contributed by atoms with van der Waals surface area (Å²) in [6.45, 7) is 1.83. The van der Waals surface area contributed by atoms with Crippen LogP contribution in [0.4, 0.5) is 10.5 Å². The zero-order valence-corrected chi connectivity index (χ0v) is 11.3. The molecule has 0 aromatic heterocycles. The highest BCUT2D eigenvalue weighted by atomic mass is 35.5. The second-order valence-electron chi connectivity index (χ2n) is 4.27. The molecule has 2 rings (SSSR count). The maximum absolute atomic E-state index is 11.8. The highest BCUT2D eigenvalue weighted by Crippen LogP contribution is 2.24. The first-order valence-corrected chi connectivity index (χ1v) is 6.64. The van der Waals surface area contributed by atoms with Crippen molar-refractivity contribution in [2.75, 3.05) is 18.4 Å². The summed E-state index contributed by atoms with van der Waals surface area (Å²) in [5.74, 6) is 0. The molecule has 18 heavy (non-hydrogen) atoms. The average Bonchev–Trinajstić information content (AvgIpc) is 2.35. The second-order valence-corrected chi connectivity index (χ2v) is 5.09. The van der Waals surface area contributed by atoms with Crippen molar-refractivity contribution in [3.8, 4) is 0 Å². The number of hydrogen-bond donors (Lipinski definition) is 3. The van der Waals surface area contributed by atoms with Gasteiger partial charge in [0.25, 0.3) is 0 Å². The van der Waals surface area contributed by atoms with Crippen molar-refractivity contribution in [2.45, 2.75) is 18.9 Å². The highest BCUT2D eigenvalue weighted by molar-refractivity contribution is 6.42. The third-order valence-corrected chi connectivity index (χ3v) is 3.55. The first kappa shape index (κ1) is 13.5. The number of benzene rings is 1. The van der Waals surface area contributed by atoms with Gasteiger partial charge in [0.1, 0.15) is 0 Å². The van der Waals surface area contributed by atoms with E-state index in [0.29, 0.717) is 15.7 Å². The van der Waals surface area contributed by atoms with Crippen LogP contribution >= 0.6 is 23.2 Å². The Labute approximate surface area is 116 Å². The number of rotatable bonds is 2. The Morgan fingerprint density at radius 1 is 1.33 bits per heavy atom. The molecule has 1 atom stereocenters. The van der Waals surface area contributed by atoms with Crippen LogP contribution in [0.3, 0.4) is 0 Å². The monoisotopic (exact) mass is 287 g/mol. The Balaban J connectivity index is 1.88. The molecule has 1 heterocycles. The Hall–Kier alpha value is -0.970. The minimum absolute atomic E-state index is 0.182. The zero-order valence-electron chi connectivity index (χ0n) is 9.80. The van der Waals surface area contributed by atoms with E-state index >= 15 is 0 Å². The van der Waals surface area contributed by atoms with Gasteiger partial charge in [-0.15, -0.1) is 0 Å². The standard InChI is InChI=1S/C12H15Cl2N3O/c13-10-4-3-8(6-11(10)14)16-12(18)17-9-2-1-5-15-7-9/h3-4,6,9,15H,1-2,5,7H2,(H2,16,17,18). The van der Waals surface area contributed by atoms with E-state index < -0.39 is 0 Å². The third-order valence-electron chi connectivity index (χ3n) is 2.81. The highest BCUT2D eigenvalue weighted by Gasteiger charge is 2.15. The fourth-order valence-electron chi connectivity index (χ4n) is 1.90. The first-order chi connectivity index (χ1) is 8.65. The number of anilines is 1. The van der Waals surface area contributed by atoms with Crippen molar-refractivity contribution in [1.29, 1.82) is 0 Å². The molecule has 98 valence electrons. The van der Waals surface area contributed by atoms with Crippen molar-refractivity contribution in [3.05, 3.63) is 28.2 Å². The normalized spacial score (nSPS) is 19.3. The summed E-state index contributed by atoms with van der Waals surface area (Å²) in [6, 6.07) is 4.96. The van der Waals surface area contributed by atoms with E-state index in [1.807, 2.05) is 0 Å². The Morgan fingerprint density at radius 3 is 2.83 bits per heavy atom. The van der Waals surface area contributed by atoms with Gasteiger partial charge < -0.3 is 16.0 Å². The van der Waals surface area contributed by atoms with E-state index in [9.17, 15) is 4.79 Å². The lowest BCUT2D eigenvalue weighted by atomic mass is 10.1. The predicted octanol–water partition coefficient (Wildman–Crippen LogP) is 2.87. The van der Waals surface area contributed by atoms with Crippen LogP contribution in [0.5, 0.6) is 0 Å². The lowest BCUT2D eigenvalue weighted by Gasteiger charge is -2.23. The van der Waals surface area contributed by atoms with E-state index in [0.717, 1.165) is 25.9 Å². The number of hydrogen-bond acceptors (Lipinski definition) is 2. The number of carbonyl (C=O) groups excluding carboxylic acids is 1. The van der Waals surface area contributed by atoms with E-state index in [1.54, 1.807) is 18.2 Å². The minimum Gasteiger partial charge on any atom is -0.334 e. The van der Waals surface area contributed by atoms with Gasteiger partial charge in [-0.1, -0.05) is 23.2 Å². The van der Waals surface area contributed by atoms with Gasteiger partial charge in [0.2, 0.25) is 0 Å². The Kier molecular flexibility index (Phi) is 4.69. The van der Waals surface area contributed by atoms with E-state index in [-0.39, 0.29) is 12.1 Å².